The maximum Gasteiger partial charge on any atom is 0.191 e. The van der Waals surface area contributed by atoms with E-state index in [4.69, 9.17) is 9.47 Å². The molecule has 0 radical (unpaired) electrons. The molecule has 6 nitrogen and oxygen atoms in total. The van der Waals surface area contributed by atoms with Crippen molar-refractivity contribution in [3.05, 3.63) is 29.6 Å². The fourth-order valence-electron chi connectivity index (χ4n) is 3.15. The Labute approximate surface area is 191 Å². The lowest BCUT2D eigenvalue weighted by Gasteiger charge is -2.21. The number of rotatable bonds is 11. The van der Waals surface area contributed by atoms with Gasteiger partial charge in [0.05, 0.1) is 24.9 Å². The van der Waals surface area contributed by atoms with Gasteiger partial charge in [-0.1, -0.05) is 6.07 Å². The van der Waals surface area contributed by atoms with E-state index in [1.54, 1.807) is 6.07 Å². The lowest BCUT2D eigenvalue weighted by Crippen LogP contribution is -2.38. The Bertz CT molecular complexity index is 608. The highest BCUT2D eigenvalue weighted by Gasteiger charge is 2.15. The standard InChI is InChI=1S/C21H35FN4O2.HI/c1-4-23-21(24-11-7-12-28-18-10-13-27-16-18)25-15-17-8-9-20(19(22)14-17)26(5-2)6-3;/h8-9,14,18H,4-7,10-13,15-16H2,1-3H3,(H2,23,24,25);1H. The van der Waals surface area contributed by atoms with Gasteiger partial charge in [0.25, 0.3) is 0 Å². The molecule has 1 aromatic rings. The Hall–Kier alpha value is -1.13. The van der Waals surface area contributed by atoms with E-state index >= 15 is 0 Å². The maximum atomic E-state index is 14.4. The second kappa shape index (κ2) is 14.8. The van der Waals surface area contributed by atoms with Gasteiger partial charge < -0.3 is 25.0 Å². The molecule has 29 heavy (non-hydrogen) atoms. The van der Waals surface area contributed by atoms with Crippen molar-refractivity contribution in [2.24, 2.45) is 4.99 Å². The van der Waals surface area contributed by atoms with Gasteiger partial charge in [-0.15, -0.1) is 24.0 Å². The minimum atomic E-state index is -0.192. The molecule has 1 aliphatic rings. The third-order valence-corrected chi connectivity index (χ3v) is 4.74. The molecule has 0 aromatic heterocycles. The molecule has 1 heterocycles. The van der Waals surface area contributed by atoms with Crippen molar-refractivity contribution in [1.82, 2.24) is 10.6 Å². The monoisotopic (exact) mass is 522 g/mol. The zero-order valence-electron chi connectivity index (χ0n) is 17.9. The summed E-state index contributed by atoms with van der Waals surface area (Å²) in [6.45, 7) is 11.9. The van der Waals surface area contributed by atoms with Crippen LogP contribution in [0.3, 0.4) is 0 Å². The molecule has 166 valence electrons. The Morgan fingerprint density at radius 1 is 1.28 bits per heavy atom. The molecule has 1 atom stereocenters. The highest BCUT2D eigenvalue weighted by Crippen LogP contribution is 2.20. The molecule has 2 N–H and O–H groups in total. The zero-order chi connectivity index (χ0) is 20.2. The van der Waals surface area contributed by atoms with Crippen molar-refractivity contribution in [2.45, 2.75) is 46.3 Å². The van der Waals surface area contributed by atoms with Gasteiger partial charge in [-0.05, 0) is 51.3 Å². The SMILES string of the molecule is CCNC(=NCc1ccc(N(CC)CC)c(F)c1)NCCCOC1CCOC1.I. The van der Waals surface area contributed by atoms with E-state index in [9.17, 15) is 4.39 Å². The first kappa shape index (κ1) is 25.9. The van der Waals surface area contributed by atoms with Crippen LogP contribution in [0.1, 0.15) is 39.2 Å². The van der Waals surface area contributed by atoms with Gasteiger partial charge in [-0.3, -0.25) is 0 Å². The van der Waals surface area contributed by atoms with Crippen LogP contribution in [0.2, 0.25) is 0 Å². The number of nitrogens with one attached hydrogen (secondary N) is 2. The number of nitrogens with zero attached hydrogens (tertiary/aromatic N) is 2. The van der Waals surface area contributed by atoms with Gasteiger partial charge in [0.2, 0.25) is 0 Å². The lowest BCUT2D eigenvalue weighted by molar-refractivity contribution is 0.0420. The molecular weight excluding hydrogens is 486 g/mol. The number of guanidine groups is 1. The van der Waals surface area contributed by atoms with Crippen molar-refractivity contribution in [2.75, 3.05) is 50.9 Å². The Morgan fingerprint density at radius 3 is 2.69 bits per heavy atom. The van der Waals surface area contributed by atoms with Crippen LogP contribution in [-0.4, -0.2) is 58.1 Å². The fourth-order valence-corrected chi connectivity index (χ4v) is 3.15. The van der Waals surface area contributed by atoms with Gasteiger partial charge in [0.15, 0.2) is 5.96 Å². The molecule has 1 unspecified atom stereocenters. The first-order chi connectivity index (χ1) is 13.7. The number of hydrogen-bond donors (Lipinski definition) is 2. The molecular formula is C21H36FIN4O2. The summed E-state index contributed by atoms with van der Waals surface area (Å²) >= 11 is 0. The third kappa shape index (κ3) is 9.04. The van der Waals surface area contributed by atoms with Gasteiger partial charge in [0, 0.05) is 39.4 Å². The topological polar surface area (TPSA) is 58.1 Å². The smallest absolute Gasteiger partial charge is 0.191 e. The van der Waals surface area contributed by atoms with E-state index in [0.717, 1.165) is 57.2 Å². The third-order valence-electron chi connectivity index (χ3n) is 4.74. The molecule has 8 heteroatoms. The van der Waals surface area contributed by atoms with Gasteiger partial charge >= 0.3 is 0 Å². The predicted octanol–water partition coefficient (Wildman–Crippen LogP) is 3.54. The summed E-state index contributed by atoms with van der Waals surface area (Å²) in [6.07, 6.45) is 2.13. The van der Waals surface area contributed by atoms with Gasteiger partial charge in [-0.2, -0.15) is 0 Å². The van der Waals surface area contributed by atoms with Crippen molar-refractivity contribution in [1.29, 1.82) is 0 Å². The van der Waals surface area contributed by atoms with Crippen molar-refractivity contribution < 1.29 is 13.9 Å². The van der Waals surface area contributed by atoms with E-state index < -0.39 is 0 Å². The Kier molecular flexibility index (Phi) is 13.2. The van der Waals surface area contributed by atoms with Gasteiger partial charge in [-0.25, -0.2) is 9.38 Å². The van der Waals surface area contributed by atoms with Crippen LogP contribution in [-0.2, 0) is 16.0 Å². The predicted molar refractivity (Wildman–Crippen MR) is 128 cm³/mol. The van der Waals surface area contributed by atoms with E-state index in [-0.39, 0.29) is 35.9 Å². The minimum Gasteiger partial charge on any atom is -0.379 e. The highest BCUT2D eigenvalue weighted by atomic mass is 127. The summed E-state index contributed by atoms with van der Waals surface area (Å²) in [5.41, 5.74) is 1.51. The molecule has 0 bridgehead atoms. The number of aliphatic imine (C=N–C) groups is 1. The summed E-state index contributed by atoms with van der Waals surface area (Å²) in [6, 6.07) is 5.37. The largest absolute Gasteiger partial charge is 0.379 e. The first-order valence-corrected chi connectivity index (χ1v) is 10.4. The normalized spacial score (nSPS) is 16.4. The Morgan fingerprint density at radius 2 is 2.07 bits per heavy atom. The molecule has 1 saturated heterocycles. The van der Waals surface area contributed by atoms with Crippen molar-refractivity contribution in [3.63, 3.8) is 0 Å². The molecule has 1 aliphatic heterocycles. The van der Waals surface area contributed by atoms with E-state index in [1.807, 2.05) is 37.8 Å². The average molecular weight is 522 g/mol. The van der Waals surface area contributed by atoms with Crippen LogP contribution in [0.15, 0.2) is 23.2 Å². The van der Waals surface area contributed by atoms with Gasteiger partial charge in [0.1, 0.15) is 5.82 Å². The number of anilines is 1. The van der Waals surface area contributed by atoms with E-state index in [1.165, 1.54) is 0 Å². The second-order valence-electron chi connectivity index (χ2n) is 6.79. The molecule has 0 saturated carbocycles. The zero-order valence-corrected chi connectivity index (χ0v) is 20.2. The molecule has 0 amide bonds. The second-order valence-corrected chi connectivity index (χ2v) is 6.79. The van der Waals surface area contributed by atoms with Crippen LogP contribution in [0.4, 0.5) is 10.1 Å². The average Bonchev–Trinajstić information content (AvgIpc) is 3.21. The summed E-state index contributed by atoms with van der Waals surface area (Å²) in [5, 5.41) is 6.53. The number of benzene rings is 1. The molecule has 0 spiro atoms. The van der Waals surface area contributed by atoms with Crippen LogP contribution >= 0.6 is 24.0 Å². The molecule has 1 aromatic carbocycles. The first-order valence-electron chi connectivity index (χ1n) is 10.4. The number of halogens is 2. The van der Waals surface area contributed by atoms with Crippen molar-refractivity contribution in [3.8, 4) is 0 Å². The molecule has 1 fully saturated rings. The van der Waals surface area contributed by atoms with Crippen LogP contribution < -0.4 is 15.5 Å². The summed E-state index contributed by atoms with van der Waals surface area (Å²) < 4.78 is 25.5. The Balaban J connectivity index is 0.00000420. The van der Waals surface area contributed by atoms with Crippen molar-refractivity contribution >= 4 is 35.6 Å². The van der Waals surface area contributed by atoms with Crippen LogP contribution in [0.5, 0.6) is 0 Å². The molecule has 0 aliphatic carbocycles. The number of ether oxygens (including phenoxy) is 2. The summed E-state index contributed by atoms with van der Waals surface area (Å²) in [7, 11) is 0. The maximum absolute atomic E-state index is 14.4. The number of hydrogen-bond acceptors (Lipinski definition) is 4. The molecule has 2 rings (SSSR count). The van der Waals surface area contributed by atoms with Crippen LogP contribution in [0, 0.1) is 5.82 Å². The summed E-state index contributed by atoms with van der Waals surface area (Å²) in [4.78, 5) is 6.58. The summed E-state index contributed by atoms with van der Waals surface area (Å²) in [5.74, 6) is 0.544. The van der Waals surface area contributed by atoms with E-state index in [2.05, 4.69) is 15.6 Å². The minimum absolute atomic E-state index is 0. The quantitative estimate of drug-likeness (QED) is 0.202. The fraction of sp³-hybridized carbons (Fsp3) is 0.667. The highest BCUT2D eigenvalue weighted by molar-refractivity contribution is 14.0. The van der Waals surface area contributed by atoms with Crippen LogP contribution in [0.25, 0.3) is 0 Å². The van der Waals surface area contributed by atoms with E-state index in [0.29, 0.717) is 25.4 Å². The lowest BCUT2D eigenvalue weighted by atomic mass is 10.2.